The Morgan fingerprint density at radius 2 is 1.60 bits per heavy atom. The van der Waals surface area contributed by atoms with Crippen molar-refractivity contribution in [2.24, 2.45) is 11.8 Å². The maximum Gasteiger partial charge on any atom is 0.236 e. The Balaban J connectivity index is 1.18. The number of hydrogen-bond donors (Lipinski definition) is 0. The van der Waals surface area contributed by atoms with E-state index >= 15 is 0 Å². The summed E-state index contributed by atoms with van der Waals surface area (Å²) in [5.74, 6) is 2.03. The largest absolute Gasteiger partial charge is 0.493 e. The molecule has 3 aliphatic heterocycles. The van der Waals surface area contributed by atoms with Crippen LogP contribution in [-0.2, 0) is 9.59 Å². The molecule has 0 N–H and O–H groups in total. The molecule has 0 aromatic heterocycles. The van der Waals surface area contributed by atoms with Gasteiger partial charge in [-0.05, 0) is 57.2 Å². The fourth-order valence-electron chi connectivity index (χ4n) is 5.02. The Morgan fingerprint density at radius 1 is 0.867 bits per heavy atom. The molecule has 0 bridgehead atoms. The maximum absolute atomic E-state index is 12.8. The number of hydrogen-bond acceptors (Lipinski definition) is 4. The molecule has 3 fully saturated rings. The zero-order valence-electron chi connectivity index (χ0n) is 18.0. The highest BCUT2D eigenvalue weighted by Gasteiger charge is 2.32. The van der Waals surface area contributed by atoms with E-state index in [1.165, 1.54) is 0 Å². The summed E-state index contributed by atoms with van der Waals surface area (Å²) in [6.45, 7) is 6.38. The fraction of sp³-hybridized carbons (Fsp3) is 0.667. The molecule has 0 saturated carbocycles. The van der Waals surface area contributed by atoms with Gasteiger partial charge in [-0.25, -0.2) is 0 Å². The first kappa shape index (κ1) is 21.2. The number of carbonyl (C=O) groups excluding carboxylic acids is 2. The van der Waals surface area contributed by atoms with E-state index in [9.17, 15) is 9.59 Å². The first-order valence-corrected chi connectivity index (χ1v) is 11.7. The third-order valence-electron chi connectivity index (χ3n) is 6.81. The minimum absolute atomic E-state index is 0.113. The summed E-state index contributed by atoms with van der Waals surface area (Å²) >= 11 is 0. The van der Waals surface area contributed by atoms with Gasteiger partial charge in [0.1, 0.15) is 5.75 Å². The summed E-state index contributed by atoms with van der Waals surface area (Å²) < 4.78 is 5.93. The Labute approximate surface area is 180 Å². The second-order valence-electron chi connectivity index (χ2n) is 9.05. The Bertz CT molecular complexity index is 697. The Kier molecular flexibility index (Phi) is 7.26. The van der Waals surface area contributed by atoms with Crippen molar-refractivity contribution < 1.29 is 14.3 Å². The third-order valence-corrected chi connectivity index (χ3v) is 6.81. The number of carbonyl (C=O) groups is 2. The van der Waals surface area contributed by atoms with Gasteiger partial charge >= 0.3 is 0 Å². The minimum Gasteiger partial charge on any atom is -0.493 e. The van der Waals surface area contributed by atoms with E-state index in [-0.39, 0.29) is 11.8 Å². The van der Waals surface area contributed by atoms with Crippen LogP contribution in [-0.4, -0.2) is 78.9 Å². The molecule has 0 radical (unpaired) electrons. The topological polar surface area (TPSA) is 53.1 Å². The van der Waals surface area contributed by atoms with Crippen molar-refractivity contribution in [3.8, 4) is 5.75 Å². The number of rotatable bonds is 6. The van der Waals surface area contributed by atoms with Gasteiger partial charge in [0.2, 0.25) is 11.8 Å². The number of benzene rings is 1. The molecule has 2 amide bonds. The van der Waals surface area contributed by atoms with Crippen molar-refractivity contribution >= 4 is 11.8 Å². The quantitative estimate of drug-likeness (QED) is 0.720. The minimum atomic E-state index is 0.113. The van der Waals surface area contributed by atoms with Gasteiger partial charge in [0.25, 0.3) is 0 Å². The molecule has 3 heterocycles. The van der Waals surface area contributed by atoms with E-state index in [1.54, 1.807) is 0 Å². The lowest BCUT2D eigenvalue weighted by Gasteiger charge is -2.36. The molecule has 6 heteroatoms. The van der Waals surface area contributed by atoms with Gasteiger partial charge in [-0.2, -0.15) is 0 Å². The smallest absolute Gasteiger partial charge is 0.236 e. The number of likely N-dealkylation sites (tertiary alicyclic amines) is 3. The SMILES string of the molecule is O=C(CN1CCCC(COc2ccccc2)C1)N1CCC(C(=O)N2CCCC2)CC1. The van der Waals surface area contributed by atoms with Crippen LogP contribution < -0.4 is 4.74 Å². The van der Waals surface area contributed by atoms with Gasteiger partial charge in [0.05, 0.1) is 13.2 Å². The molecule has 3 saturated heterocycles. The highest BCUT2D eigenvalue weighted by atomic mass is 16.5. The maximum atomic E-state index is 12.8. The summed E-state index contributed by atoms with van der Waals surface area (Å²) in [6.07, 6.45) is 6.17. The predicted octanol–water partition coefficient (Wildman–Crippen LogP) is 2.64. The first-order chi connectivity index (χ1) is 14.7. The van der Waals surface area contributed by atoms with Gasteiger partial charge in [0.15, 0.2) is 0 Å². The highest BCUT2D eigenvalue weighted by Crippen LogP contribution is 2.23. The lowest BCUT2D eigenvalue weighted by molar-refractivity contribution is -0.140. The molecule has 1 unspecified atom stereocenters. The molecule has 30 heavy (non-hydrogen) atoms. The van der Waals surface area contributed by atoms with E-state index < -0.39 is 0 Å². The normalized spacial score (nSPS) is 23.5. The predicted molar refractivity (Wildman–Crippen MR) is 116 cm³/mol. The van der Waals surface area contributed by atoms with Gasteiger partial charge in [-0.3, -0.25) is 14.5 Å². The van der Waals surface area contributed by atoms with Gasteiger partial charge in [0, 0.05) is 44.6 Å². The molecule has 6 nitrogen and oxygen atoms in total. The van der Waals surface area contributed by atoms with Crippen LogP contribution in [0.5, 0.6) is 5.75 Å². The molecule has 3 aliphatic rings. The van der Waals surface area contributed by atoms with E-state index in [0.717, 1.165) is 83.5 Å². The Hall–Kier alpha value is -2.08. The molecule has 1 aromatic rings. The van der Waals surface area contributed by atoms with Gasteiger partial charge < -0.3 is 14.5 Å². The van der Waals surface area contributed by atoms with Crippen LogP contribution in [0.25, 0.3) is 0 Å². The molecular weight excluding hydrogens is 378 g/mol. The van der Waals surface area contributed by atoms with Crippen LogP contribution in [0.2, 0.25) is 0 Å². The zero-order chi connectivity index (χ0) is 20.8. The van der Waals surface area contributed by atoms with Crippen LogP contribution in [0.4, 0.5) is 0 Å². The molecule has 1 atom stereocenters. The molecule has 0 spiro atoms. The Morgan fingerprint density at radius 3 is 2.33 bits per heavy atom. The third kappa shape index (κ3) is 5.54. The number of amides is 2. The molecule has 164 valence electrons. The van der Waals surface area contributed by atoms with Crippen LogP contribution in [0.1, 0.15) is 38.5 Å². The molecule has 4 rings (SSSR count). The van der Waals surface area contributed by atoms with E-state index in [4.69, 9.17) is 4.74 Å². The van der Waals surface area contributed by atoms with Crippen molar-refractivity contribution in [2.75, 3.05) is 52.4 Å². The lowest BCUT2D eigenvalue weighted by Crippen LogP contribution is -2.48. The van der Waals surface area contributed by atoms with Crippen molar-refractivity contribution in [3.05, 3.63) is 30.3 Å². The van der Waals surface area contributed by atoms with Crippen molar-refractivity contribution in [1.29, 1.82) is 0 Å². The fourth-order valence-corrected chi connectivity index (χ4v) is 5.02. The average Bonchev–Trinajstić information content (AvgIpc) is 3.33. The average molecular weight is 414 g/mol. The number of ether oxygens (including phenoxy) is 1. The lowest BCUT2D eigenvalue weighted by atomic mass is 9.95. The monoisotopic (exact) mass is 413 g/mol. The summed E-state index contributed by atoms with van der Waals surface area (Å²) in [5.41, 5.74) is 0. The van der Waals surface area contributed by atoms with Crippen LogP contribution >= 0.6 is 0 Å². The van der Waals surface area contributed by atoms with Crippen LogP contribution in [0.3, 0.4) is 0 Å². The number of para-hydroxylation sites is 1. The number of nitrogens with zero attached hydrogens (tertiary/aromatic N) is 3. The second-order valence-corrected chi connectivity index (χ2v) is 9.05. The van der Waals surface area contributed by atoms with E-state index in [2.05, 4.69) is 4.90 Å². The molecule has 0 aliphatic carbocycles. The van der Waals surface area contributed by atoms with Crippen LogP contribution in [0.15, 0.2) is 30.3 Å². The van der Waals surface area contributed by atoms with Crippen molar-refractivity contribution in [2.45, 2.75) is 38.5 Å². The second kappa shape index (κ2) is 10.3. The summed E-state index contributed by atoms with van der Waals surface area (Å²) in [4.78, 5) is 31.7. The first-order valence-electron chi connectivity index (χ1n) is 11.7. The molecule has 1 aromatic carbocycles. The van der Waals surface area contributed by atoms with Gasteiger partial charge in [-0.15, -0.1) is 0 Å². The number of piperidine rings is 2. The summed E-state index contributed by atoms with van der Waals surface area (Å²) in [7, 11) is 0. The van der Waals surface area contributed by atoms with Crippen molar-refractivity contribution in [1.82, 2.24) is 14.7 Å². The zero-order valence-corrected chi connectivity index (χ0v) is 18.0. The van der Waals surface area contributed by atoms with Crippen molar-refractivity contribution in [3.63, 3.8) is 0 Å². The summed E-state index contributed by atoms with van der Waals surface area (Å²) in [6, 6.07) is 9.95. The standard InChI is InChI=1S/C24H35N3O3/c28-23(26-15-10-21(11-16-26)24(29)27-13-4-5-14-27)18-25-12-6-7-20(17-25)19-30-22-8-2-1-3-9-22/h1-3,8-9,20-21H,4-7,10-19H2. The van der Waals surface area contributed by atoms with Gasteiger partial charge in [-0.1, -0.05) is 18.2 Å². The van der Waals surface area contributed by atoms with E-state index in [1.807, 2.05) is 40.1 Å². The molecular formula is C24H35N3O3. The van der Waals surface area contributed by atoms with Crippen LogP contribution in [0, 0.1) is 11.8 Å². The highest BCUT2D eigenvalue weighted by molar-refractivity contribution is 5.81. The van der Waals surface area contributed by atoms with E-state index in [0.29, 0.717) is 25.0 Å². The summed E-state index contributed by atoms with van der Waals surface area (Å²) in [5, 5.41) is 0.